The number of nitrogens with one attached hydrogen (secondary N) is 2. The van der Waals surface area contributed by atoms with Gasteiger partial charge < -0.3 is 20.1 Å². The van der Waals surface area contributed by atoms with Crippen LogP contribution in [0, 0.1) is 5.41 Å². The number of rotatable bonds is 5. The highest BCUT2D eigenvalue weighted by atomic mass is 35.5. The SMILES string of the molecule is CC(C)(C)C(=O)NCCCC(=O)Nc1cc2c(cc1Cl)OCCO2. The molecule has 0 atom stereocenters. The molecule has 0 saturated carbocycles. The number of fused-ring (bicyclic) bond motifs is 1. The van der Waals surface area contributed by atoms with Crippen molar-refractivity contribution < 1.29 is 19.1 Å². The molecular formula is C17H23ClN2O4. The lowest BCUT2D eigenvalue weighted by atomic mass is 9.96. The minimum atomic E-state index is -0.430. The Morgan fingerprint density at radius 3 is 2.42 bits per heavy atom. The lowest BCUT2D eigenvalue weighted by Crippen LogP contribution is -2.35. The Labute approximate surface area is 146 Å². The third kappa shape index (κ3) is 5.03. The molecule has 6 nitrogen and oxygen atoms in total. The van der Waals surface area contributed by atoms with Gasteiger partial charge in [0.05, 0.1) is 10.7 Å². The summed E-state index contributed by atoms with van der Waals surface area (Å²) in [6.45, 7) is 6.94. The van der Waals surface area contributed by atoms with Crippen molar-refractivity contribution in [2.75, 3.05) is 25.1 Å². The van der Waals surface area contributed by atoms with Gasteiger partial charge in [0, 0.05) is 30.5 Å². The Morgan fingerprint density at radius 2 is 1.79 bits per heavy atom. The smallest absolute Gasteiger partial charge is 0.225 e. The van der Waals surface area contributed by atoms with Crippen molar-refractivity contribution in [3.63, 3.8) is 0 Å². The van der Waals surface area contributed by atoms with Crippen LogP contribution in [-0.2, 0) is 9.59 Å². The van der Waals surface area contributed by atoms with Gasteiger partial charge >= 0.3 is 0 Å². The summed E-state index contributed by atoms with van der Waals surface area (Å²) in [7, 11) is 0. The maximum absolute atomic E-state index is 12.0. The summed E-state index contributed by atoms with van der Waals surface area (Å²) in [5.41, 5.74) is 0.0608. The van der Waals surface area contributed by atoms with E-state index in [1.165, 1.54) is 0 Å². The fourth-order valence-electron chi connectivity index (χ4n) is 2.09. The predicted octanol–water partition coefficient (Wildman–Crippen LogP) is 2.99. The summed E-state index contributed by atoms with van der Waals surface area (Å²) in [5, 5.41) is 5.97. The molecular weight excluding hydrogens is 332 g/mol. The van der Waals surface area contributed by atoms with Crippen molar-refractivity contribution in [2.45, 2.75) is 33.6 Å². The van der Waals surface area contributed by atoms with Crippen LogP contribution in [0.2, 0.25) is 5.02 Å². The van der Waals surface area contributed by atoms with Crippen molar-refractivity contribution in [3.05, 3.63) is 17.2 Å². The quantitative estimate of drug-likeness (QED) is 0.797. The first-order chi connectivity index (χ1) is 11.3. The average Bonchev–Trinajstić information content (AvgIpc) is 2.51. The monoisotopic (exact) mass is 354 g/mol. The van der Waals surface area contributed by atoms with E-state index in [9.17, 15) is 9.59 Å². The van der Waals surface area contributed by atoms with Gasteiger partial charge in [-0.15, -0.1) is 0 Å². The van der Waals surface area contributed by atoms with Gasteiger partial charge in [0.25, 0.3) is 0 Å². The van der Waals surface area contributed by atoms with E-state index in [0.29, 0.717) is 48.4 Å². The van der Waals surface area contributed by atoms with Gasteiger partial charge in [0.1, 0.15) is 13.2 Å². The van der Waals surface area contributed by atoms with Gasteiger partial charge in [-0.05, 0) is 6.42 Å². The minimum Gasteiger partial charge on any atom is -0.486 e. The summed E-state index contributed by atoms with van der Waals surface area (Å²) in [5.74, 6) is 0.948. The second kappa shape index (κ2) is 7.75. The first-order valence-electron chi connectivity index (χ1n) is 7.94. The lowest BCUT2D eigenvalue weighted by Gasteiger charge is -2.20. The fourth-order valence-corrected chi connectivity index (χ4v) is 2.29. The summed E-state index contributed by atoms with van der Waals surface area (Å²) in [4.78, 5) is 23.7. The van der Waals surface area contributed by atoms with E-state index in [2.05, 4.69) is 10.6 Å². The van der Waals surface area contributed by atoms with Crippen LogP contribution in [-0.4, -0.2) is 31.6 Å². The minimum absolute atomic E-state index is 0.0298. The lowest BCUT2D eigenvalue weighted by molar-refractivity contribution is -0.128. The second-order valence-corrected chi connectivity index (χ2v) is 7.04. The Hall–Kier alpha value is -1.95. The van der Waals surface area contributed by atoms with Gasteiger partial charge in [-0.2, -0.15) is 0 Å². The van der Waals surface area contributed by atoms with Crippen LogP contribution in [0.1, 0.15) is 33.6 Å². The highest BCUT2D eigenvalue weighted by Crippen LogP contribution is 2.37. The Bertz CT molecular complexity index is 626. The van der Waals surface area contributed by atoms with E-state index < -0.39 is 5.41 Å². The fraction of sp³-hybridized carbons (Fsp3) is 0.529. The molecule has 0 aliphatic carbocycles. The molecule has 1 aliphatic heterocycles. The van der Waals surface area contributed by atoms with Crippen molar-refractivity contribution in [1.29, 1.82) is 0 Å². The molecule has 1 aromatic carbocycles. The summed E-state index contributed by atoms with van der Waals surface area (Å²) < 4.78 is 10.9. The number of anilines is 1. The van der Waals surface area contributed by atoms with Gasteiger partial charge in [0.15, 0.2) is 11.5 Å². The normalized spacial score (nSPS) is 13.3. The van der Waals surface area contributed by atoms with Gasteiger partial charge in [-0.3, -0.25) is 9.59 Å². The number of ether oxygens (including phenoxy) is 2. The molecule has 2 amide bonds. The summed E-state index contributed by atoms with van der Waals surface area (Å²) in [6.07, 6.45) is 0.838. The summed E-state index contributed by atoms with van der Waals surface area (Å²) in [6, 6.07) is 3.30. The van der Waals surface area contributed by atoms with Crippen LogP contribution >= 0.6 is 11.6 Å². The molecule has 0 aromatic heterocycles. The first kappa shape index (κ1) is 18.4. The van der Waals surface area contributed by atoms with Crippen LogP contribution < -0.4 is 20.1 Å². The first-order valence-corrected chi connectivity index (χ1v) is 8.32. The van der Waals surface area contributed by atoms with Gasteiger partial charge in [-0.1, -0.05) is 32.4 Å². The standard InChI is InChI=1S/C17H23ClN2O4/c1-17(2,3)16(22)19-6-4-5-15(21)20-12-10-14-13(9-11(12)18)23-7-8-24-14/h9-10H,4-8H2,1-3H3,(H,19,22)(H,20,21). The topological polar surface area (TPSA) is 76.7 Å². The van der Waals surface area contributed by atoms with E-state index in [0.717, 1.165) is 0 Å². The molecule has 0 saturated heterocycles. The third-order valence-electron chi connectivity index (χ3n) is 3.45. The van der Waals surface area contributed by atoms with E-state index in [-0.39, 0.29) is 18.2 Å². The third-order valence-corrected chi connectivity index (χ3v) is 3.77. The van der Waals surface area contributed by atoms with Crippen LogP contribution in [0.4, 0.5) is 5.69 Å². The molecule has 24 heavy (non-hydrogen) atoms. The van der Waals surface area contributed by atoms with E-state index in [1.807, 2.05) is 20.8 Å². The van der Waals surface area contributed by atoms with Gasteiger partial charge in [-0.25, -0.2) is 0 Å². The zero-order chi connectivity index (χ0) is 17.7. The van der Waals surface area contributed by atoms with Crippen LogP contribution in [0.3, 0.4) is 0 Å². The molecule has 2 N–H and O–H groups in total. The van der Waals surface area contributed by atoms with Gasteiger partial charge in [0.2, 0.25) is 11.8 Å². The molecule has 1 aliphatic rings. The predicted molar refractivity (Wildman–Crippen MR) is 92.8 cm³/mol. The molecule has 1 heterocycles. The van der Waals surface area contributed by atoms with Crippen LogP contribution in [0.15, 0.2) is 12.1 Å². The highest BCUT2D eigenvalue weighted by molar-refractivity contribution is 6.34. The molecule has 0 spiro atoms. The molecule has 0 unspecified atom stereocenters. The van der Waals surface area contributed by atoms with Crippen molar-refractivity contribution >= 4 is 29.1 Å². The largest absolute Gasteiger partial charge is 0.486 e. The van der Waals surface area contributed by atoms with Crippen molar-refractivity contribution in [1.82, 2.24) is 5.32 Å². The number of hydrogen-bond donors (Lipinski definition) is 2. The number of halogens is 1. The van der Waals surface area contributed by atoms with Crippen molar-refractivity contribution in [2.24, 2.45) is 5.41 Å². The number of amides is 2. The average molecular weight is 355 g/mol. The Kier molecular flexibility index (Phi) is 5.94. The molecule has 0 radical (unpaired) electrons. The molecule has 1 aromatic rings. The van der Waals surface area contributed by atoms with E-state index in [1.54, 1.807) is 12.1 Å². The molecule has 2 rings (SSSR count). The number of carbonyl (C=O) groups is 2. The highest BCUT2D eigenvalue weighted by Gasteiger charge is 2.20. The van der Waals surface area contributed by atoms with Crippen molar-refractivity contribution in [3.8, 4) is 11.5 Å². The van der Waals surface area contributed by atoms with E-state index in [4.69, 9.17) is 21.1 Å². The number of benzene rings is 1. The van der Waals surface area contributed by atoms with Crippen LogP contribution in [0.5, 0.6) is 11.5 Å². The Balaban J connectivity index is 1.81. The molecule has 0 bridgehead atoms. The maximum Gasteiger partial charge on any atom is 0.225 e. The number of carbonyl (C=O) groups excluding carboxylic acids is 2. The molecule has 0 fully saturated rings. The van der Waals surface area contributed by atoms with Crippen LogP contribution in [0.25, 0.3) is 0 Å². The maximum atomic E-state index is 12.0. The Morgan fingerprint density at radius 1 is 1.17 bits per heavy atom. The number of hydrogen-bond acceptors (Lipinski definition) is 4. The molecule has 7 heteroatoms. The summed E-state index contributed by atoms with van der Waals surface area (Å²) >= 11 is 6.15. The van der Waals surface area contributed by atoms with E-state index >= 15 is 0 Å². The molecule has 132 valence electrons. The zero-order valence-corrected chi connectivity index (χ0v) is 15.0. The zero-order valence-electron chi connectivity index (χ0n) is 14.2. The second-order valence-electron chi connectivity index (χ2n) is 6.63.